The summed E-state index contributed by atoms with van der Waals surface area (Å²) >= 11 is 1.21. The summed E-state index contributed by atoms with van der Waals surface area (Å²) in [5.41, 5.74) is 0.987. The van der Waals surface area contributed by atoms with Crippen molar-refractivity contribution in [3.8, 4) is 0 Å². The summed E-state index contributed by atoms with van der Waals surface area (Å²) in [5.74, 6) is -0.451. The van der Waals surface area contributed by atoms with Crippen molar-refractivity contribution in [3.63, 3.8) is 0 Å². The highest BCUT2D eigenvalue weighted by atomic mass is 32.2. The predicted molar refractivity (Wildman–Crippen MR) is 71.2 cm³/mol. The zero-order valence-corrected chi connectivity index (χ0v) is 11.2. The zero-order valence-electron chi connectivity index (χ0n) is 10.4. The molecule has 2 aliphatic heterocycles. The van der Waals surface area contributed by atoms with Gasteiger partial charge in [-0.25, -0.2) is 0 Å². The number of aliphatic hydroxyl groups is 1. The molecule has 0 aromatic heterocycles. The fourth-order valence-electron chi connectivity index (χ4n) is 2.64. The second-order valence-corrected chi connectivity index (χ2v) is 6.43. The Morgan fingerprint density at radius 2 is 2.00 bits per heavy atom. The Morgan fingerprint density at radius 1 is 1.32 bits per heavy atom. The van der Waals surface area contributed by atoms with Gasteiger partial charge < -0.3 is 15.3 Å². The first-order valence-corrected chi connectivity index (χ1v) is 6.81. The number of piperazine rings is 1. The van der Waals surface area contributed by atoms with E-state index in [0.29, 0.717) is 6.42 Å². The minimum Gasteiger partial charge on any atom is -0.392 e. The topological polar surface area (TPSA) is 69.6 Å². The smallest absolute Gasteiger partial charge is 0.262 e. The Kier molecular flexibility index (Phi) is 2.62. The van der Waals surface area contributed by atoms with Crippen LogP contribution in [-0.2, 0) is 16.0 Å². The van der Waals surface area contributed by atoms with Crippen LogP contribution in [0, 0.1) is 0 Å². The third-order valence-corrected chi connectivity index (χ3v) is 5.41. The van der Waals surface area contributed by atoms with Gasteiger partial charge in [0.25, 0.3) is 11.8 Å². The van der Waals surface area contributed by atoms with E-state index in [4.69, 9.17) is 0 Å². The Morgan fingerprint density at radius 3 is 2.63 bits per heavy atom. The highest BCUT2D eigenvalue weighted by molar-refractivity contribution is 8.04. The summed E-state index contributed by atoms with van der Waals surface area (Å²) in [7, 11) is 1.62. The minimum atomic E-state index is -1.19. The van der Waals surface area contributed by atoms with E-state index in [1.807, 2.05) is 30.3 Å². The molecule has 2 N–H and O–H groups in total. The maximum Gasteiger partial charge on any atom is 0.262 e. The van der Waals surface area contributed by atoms with Crippen LogP contribution in [0.1, 0.15) is 5.56 Å². The second kappa shape index (κ2) is 3.98. The molecule has 3 rings (SSSR count). The molecule has 2 heterocycles. The number of likely N-dealkylation sites (N-methyl/N-ethyl adjacent to an activating group) is 1. The molecule has 0 spiro atoms. The highest BCUT2D eigenvalue weighted by Gasteiger charge is 2.69. The largest absolute Gasteiger partial charge is 0.392 e. The van der Waals surface area contributed by atoms with Crippen LogP contribution in [-0.4, -0.2) is 45.2 Å². The fourth-order valence-corrected chi connectivity index (χ4v) is 4.25. The maximum atomic E-state index is 12.2. The van der Waals surface area contributed by atoms with E-state index in [9.17, 15) is 14.7 Å². The van der Waals surface area contributed by atoms with Crippen molar-refractivity contribution in [3.05, 3.63) is 35.9 Å². The molecule has 0 aliphatic carbocycles. The van der Waals surface area contributed by atoms with Gasteiger partial charge >= 0.3 is 0 Å². The summed E-state index contributed by atoms with van der Waals surface area (Å²) in [5, 5.41) is 12.1. The third-order valence-electron chi connectivity index (χ3n) is 3.71. The lowest BCUT2D eigenvalue weighted by Crippen LogP contribution is -2.63. The molecule has 0 radical (unpaired) electrons. The van der Waals surface area contributed by atoms with Gasteiger partial charge in [0.1, 0.15) is 0 Å². The number of hydrogen-bond acceptors (Lipinski definition) is 4. The van der Waals surface area contributed by atoms with E-state index in [-0.39, 0.29) is 18.4 Å². The van der Waals surface area contributed by atoms with Gasteiger partial charge in [0.2, 0.25) is 0 Å². The van der Waals surface area contributed by atoms with Crippen LogP contribution in [0.3, 0.4) is 0 Å². The molecule has 100 valence electrons. The average molecular weight is 278 g/mol. The first kappa shape index (κ1) is 12.5. The normalized spacial score (nSPS) is 32.8. The second-order valence-electron chi connectivity index (χ2n) is 4.85. The highest BCUT2D eigenvalue weighted by Crippen LogP contribution is 2.52. The lowest BCUT2D eigenvalue weighted by molar-refractivity contribution is -0.148. The molecular weight excluding hydrogens is 264 g/mol. The van der Waals surface area contributed by atoms with Crippen LogP contribution < -0.4 is 5.32 Å². The van der Waals surface area contributed by atoms with Gasteiger partial charge in [-0.3, -0.25) is 9.59 Å². The molecule has 5 nitrogen and oxygen atoms in total. The van der Waals surface area contributed by atoms with Gasteiger partial charge in [-0.05, 0) is 5.56 Å². The van der Waals surface area contributed by atoms with Crippen molar-refractivity contribution < 1.29 is 14.7 Å². The standard InChI is InChI=1S/C13H14N2O3S/c1-15-11(18)12(8-16)14-10(17)13(15,19-12)7-9-5-3-2-4-6-9/h2-6,16H,7-8H2,1H3,(H,14,17)/t12-,13-/m1/s1. The molecule has 0 saturated carbocycles. The molecule has 19 heavy (non-hydrogen) atoms. The quantitative estimate of drug-likeness (QED) is 0.813. The van der Waals surface area contributed by atoms with Gasteiger partial charge in [0.15, 0.2) is 9.74 Å². The average Bonchev–Trinajstić information content (AvgIpc) is 2.82. The number of nitrogens with one attached hydrogen (secondary N) is 1. The van der Waals surface area contributed by atoms with Crippen LogP contribution >= 0.6 is 11.8 Å². The minimum absolute atomic E-state index is 0.211. The lowest BCUT2D eigenvalue weighted by Gasteiger charge is -2.34. The molecule has 1 aromatic carbocycles. The number of carbonyl (C=O) groups excluding carboxylic acids is 2. The number of hydrogen-bond donors (Lipinski definition) is 2. The van der Waals surface area contributed by atoms with Crippen molar-refractivity contribution in [1.29, 1.82) is 0 Å². The maximum absolute atomic E-state index is 12.2. The molecule has 2 saturated heterocycles. The zero-order chi connectivity index (χ0) is 13.7. The van der Waals surface area contributed by atoms with Gasteiger partial charge in [-0.2, -0.15) is 0 Å². The van der Waals surface area contributed by atoms with Crippen LogP contribution in [0.5, 0.6) is 0 Å². The molecule has 6 heteroatoms. The number of benzene rings is 1. The number of amides is 2. The SMILES string of the molecule is CN1C(=O)[C@]2(CO)NC(=O)[C@@]1(Cc1ccccc1)S2. The van der Waals surface area contributed by atoms with Crippen molar-refractivity contribution >= 4 is 23.6 Å². The summed E-state index contributed by atoms with van der Waals surface area (Å²) in [4.78, 5) is 23.8. The Balaban J connectivity index is 1.99. The van der Waals surface area contributed by atoms with Gasteiger partial charge in [-0.1, -0.05) is 42.1 Å². The molecule has 2 amide bonds. The van der Waals surface area contributed by atoms with E-state index in [2.05, 4.69) is 5.32 Å². The fraction of sp³-hybridized carbons (Fsp3) is 0.385. The molecule has 2 aliphatic rings. The number of nitrogens with zero attached hydrogens (tertiary/aromatic N) is 1. The first-order valence-electron chi connectivity index (χ1n) is 6.00. The molecular formula is C13H14N2O3S. The molecule has 0 unspecified atom stereocenters. The monoisotopic (exact) mass is 278 g/mol. The summed E-state index contributed by atoms with van der Waals surface area (Å²) in [6, 6.07) is 9.57. The van der Waals surface area contributed by atoms with Crippen LogP contribution in [0.15, 0.2) is 30.3 Å². The van der Waals surface area contributed by atoms with Crippen LogP contribution in [0.25, 0.3) is 0 Å². The summed E-state index contributed by atoms with van der Waals surface area (Å²) < 4.78 is 0. The van der Waals surface area contributed by atoms with E-state index >= 15 is 0 Å². The predicted octanol–water partition coefficient (Wildman–Crippen LogP) is -0.0510. The molecule has 1 aromatic rings. The van der Waals surface area contributed by atoms with Crippen LogP contribution in [0.2, 0.25) is 0 Å². The van der Waals surface area contributed by atoms with Gasteiger partial charge in [-0.15, -0.1) is 0 Å². The van der Waals surface area contributed by atoms with Crippen molar-refractivity contribution in [2.45, 2.75) is 16.2 Å². The van der Waals surface area contributed by atoms with Crippen molar-refractivity contribution in [2.24, 2.45) is 0 Å². The Bertz CT molecular complexity index is 550. The van der Waals surface area contributed by atoms with Crippen molar-refractivity contribution in [1.82, 2.24) is 10.2 Å². The van der Waals surface area contributed by atoms with E-state index in [1.54, 1.807) is 7.05 Å². The first-order chi connectivity index (χ1) is 9.04. The number of fused-ring (bicyclic) bond motifs is 2. The summed E-state index contributed by atoms with van der Waals surface area (Å²) in [6.45, 7) is -0.386. The number of rotatable bonds is 3. The molecule has 2 atom stereocenters. The number of aliphatic hydroxyl groups excluding tert-OH is 1. The lowest BCUT2D eigenvalue weighted by atomic mass is 10.0. The van der Waals surface area contributed by atoms with Crippen molar-refractivity contribution in [2.75, 3.05) is 13.7 Å². The Hall–Kier alpha value is -1.53. The van der Waals surface area contributed by atoms with Gasteiger partial charge in [0, 0.05) is 13.5 Å². The molecule has 2 fully saturated rings. The summed E-state index contributed by atoms with van der Waals surface area (Å²) in [6.07, 6.45) is 0.439. The number of carbonyl (C=O) groups is 2. The van der Waals surface area contributed by atoms with Crippen LogP contribution in [0.4, 0.5) is 0 Å². The Labute approximate surface area is 115 Å². The van der Waals surface area contributed by atoms with Gasteiger partial charge in [0.05, 0.1) is 6.61 Å². The van der Waals surface area contributed by atoms with E-state index < -0.39 is 9.74 Å². The number of thioether (sulfide) groups is 1. The molecule has 2 bridgehead atoms. The van der Waals surface area contributed by atoms with E-state index in [0.717, 1.165) is 5.56 Å². The van der Waals surface area contributed by atoms with E-state index in [1.165, 1.54) is 16.7 Å². The third kappa shape index (κ3) is 1.53.